The Labute approximate surface area is 163 Å². The van der Waals surface area contributed by atoms with Crippen LogP contribution in [0.15, 0.2) is 12.1 Å². The number of amides is 1. The van der Waals surface area contributed by atoms with E-state index < -0.39 is 10.7 Å². The van der Waals surface area contributed by atoms with Gasteiger partial charge in [-0.3, -0.25) is 10.1 Å². The third-order valence-electron chi connectivity index (χ3n) is 5.34. The summed E-state index contributed by atoms with van der Waals surface area (Å²) in [4.78, 5) is 29.6. The minimum atomic E-state index is -0.569. The van der Waals surface area contributed by atoms with Crippen LogP contribution in [-0.2, 0) is 4.74 Å². The van der Waals surface area contributed by atoms with Gasteiger partial charge in [-0.25, -0.2) is 9.18 Å². The topological polar surface area (TPSA) is 83.6 Å². The molecule has 0 atom stereocenters. The predicted octanol–water partition coefficient (Wildman–Crippen LogP) is 0.347. The number of benzene rings is 1. The summed E-state index contributed by atoms with van der Waals surface area (Å²) in [6, 6.07) is 2.61. The fourth-order valence-corrected chi connectivity index (χ4v) is 3.66. The van der Waals surface area contributed by atoms with E-state index in [2.05, 4.69) is 7.05 Å². The zero-order valence-electron chi connectivity index (χ0n) is 16.3. The predicted molar refractivity (Wildman–Crippen MR) is 103 cm³/mol. The SMILES string of the molecule is CCOC(=O)N1CCN(c2cc(N3CC[NH+](C)CC3)c(F)cc2[N+](=O)[O-])CC1. The van der Waals surface area contributed by atoms with E-state index in [1.165, 1.54) is 4.90 Å². The lowest BCUT2D eigenvalue weighted by molar-refractivity contribution is -0.880. The van der Waals surface area contributed by atoms with Crippen molar-refractivity contribution in [3.63, 3.8) is 0 Å². The summed E-state index contributed by atoms with van der Waals surface area (Å²) < 4.78 is 19.7. The fourth-order valence-electron chi connectivity index (χ4n) is 3.66. The van der Waals surface area contributed by atoms with E-state index in [9.17, 15) is 19.3 Å². The van der Waals surface area contributed by atoms with Crippen molar-refractivity contribution < 1.29 is 23.7 Å². The number of piperazine rings is 2. The molecule has 9 nitrogen and oxygen atoms in total. The van der Waals surface area contributed by atoms with Crippen molar-refractivity contribution in [2.75, 3.05) is 75.8 Å². The summed E-state index contributed by atoms with van der Waals surface area (Å²) in [6.07, 6.45) is -0.378. The minimum absolute atomic E-state index is 0.245. The molecule has 1 aromatic rings. The molecule has 28 heavy (non-hydrogen) atoms. The maximum atomic E-state index is 14.7. The van der Waals surface area contributed by atoms with Crippen LogP contribution in [0.3, 0.4) is 0 Å². The molecule has 1 aromatic carbocycles. The van der Waals surface area contributed by atoms with Crippen molar-refractivity contribution >= 4 is 23.2 Å². The van der Waals surface area contributed by atoms with Crippen molar-refractivity contribution in [1.29, 1.82) is 0 Å². The number of hydrogen-bond acceptors (Lipinski definition) is 6. The molecule has 2 fully saturated rings. The molecule has 0 spiro atoms. The number of carbonyl (C=O) groups is 1. The lowest BCUT2D eigenvalue weighted by Crippen LogP contribution is -3.12. The van der Waals surface area contributed by atoms with Crippen molar-refractivity contribution in [1.82, 2.24) is 4.90 Å². The molecule has 10 heteroatoms. The number of quaternary nitrogens is 1. The van der Waals surface area contributed by atoms with Gasteiger partial charge in [0.25, 0.3) is 5.69 Å². The van der Waals surface area contributed by atoms with Crippen molar-refractivity contribution in [3.05, 3.63) is 28.1 Å². The zero-order chi connectivity index (χ0) is 20.3. The van der Waals surface area contributed by atoms with Gasteiger partial charge >= 0.3 is 6.09 Å². The van der Waals surface area contributed by atoms with E-state index in [1.807, 2.05) is 9.80 Å². The quantitative estimate of drug-likeness (QED) is 0.584. The number of hydrogen-bond donors (Lipinski definition) is 1. The van der Waals surface area contributed by atoms with Crippen LogP contribution >= 0.6 is 0 Å². The Morgan fingerprint density at radius 2 is 1.75 bits per heavy atom. The van der Waals surface area contributed by atoms with E-state index in [0.29, 0.717) is 57.3 Å². The zero-order valence-corrected chi connectivity index (χ0v) is 16.3. The number of nitro groups is 1. The van der Waals surface area contributed by atoms with E-state index in [1.54, 1.807) is 17.9 Å². The number of carbonyl (C=O) groups excluding carboxylic acids is 1. The third-order valence-corrected chi connectivity index (χ3v) is 5.34. The lowest BCUT2D eigenvalue weighted by Gasteiger charge is -2.36. The molecule has 1 N–H and O–H groups in total. The number of anilines is 2. The second-order valence-electron chi connectivity index (χ2n) is 7.17. The molecule has 0 aromatic heterocycles. The van der Waals surface area contributed by atoms with Gasteiger partial charge in [-0.2, -0.15) is 0 Å². The molecular weight excluding hydrogens is 369 g/mol. The molecule has 2 aliphatic heterocycles. The van der Waals surface area contributed by atoms with Gasteiger partial charge in [0.1, 0.15) is 5.69 Å². The van der Waals surface area contributed by atoms with E-state index in [0.717, 1.165) is 19.2 Å². The van der Waals surface area contributed by atoms with Gasteiger partial charge in [0.2, 0.25) is 0 Å². The molecule has 3 rings (SSSR count). The Balaban J connectivity index is 1.82. The number of nitro benzene ring substituents is 1. The lowest BCUT2D eigenvalue weighted by atomic mass is 10.1. The maximum Gasteiger partial charge on any atom is 0.409 e. The Hall–Kier alpha value is -2.62. The summed E-state index contributed by atoms with van der Waals surface area (Å²) in [5.41, 5.74) is 0.558. The highest BCUT2D eigenvalue weighted by atomic mass is 19.1. The molecular formula is C18H27FN5O4+. The van der Waals surface area contributed by atoms with E-state index in [-0.39, 0.29) is 11.8 Å². The van der Waals surface area contributed by atoms with Crippen molar-refractivity contribution in [3.8, 4) is 0 Å². The van der Waals surface area contributed by atoms with Gasteiger partial charge < -0.3 is 24.3 Å². The normalized spacial score (nSPS) is 18.3. The van der Waals surface area contributed by atoms with Crippen molar-refractivity contribution in [2.24, 2.45) is 0 Å². The average molecular weight is 396 g/mol. The first-order valence-corrected chi connectivity index (χ1v) is 9.61. The van der Waals surface area contributed by atoms with Crippen LogP contribution in [0.4, 0.5) is 26.2 Å². The van der Waals surface area contributed by atoms with E-state index >= 15 is 0 Å². The monoisotopic (exact) mass is 396 g/mol. The largest absolute Gasteiger partial charge is 0.450 e. The number of nitrogens with zero attached hydrogens (tertiary/aromatic N) is 4. The standard InChI is InChI=1S/C18H26FN5O4/c1-3-28-18(25)23-10-8-22(9-11-23)16-13-15(14(19)12-17(16)24(26)27)21-6-4-20(2)5-7-21/h12-13H,3-11H2,1-2H3/p+1. The number of likely N-dealkylation sites (N-methyl/N-ethyl adjacent to an activating group) is 1. The molecule has 1 amide bonds. The summed E-state index contributed by atoms with van der Waals surface area (Å²) in [6.45, 7) is 6.91. The van der Waals surface area contributed by atoms with E-state index in [4.69, 9.17) is 4.74 Å². The first-order valence-electron chi connectivity index (χ1n) is 9.61. The molecule has 0 unspecified atom stereocenters. The Morgan fingerprint density at radius 1 is 1.14 bits per heavy atom. The van der Waals surface area contributed by atoms with Gasteiger partial charge in [0, 0.05) is 26.2 Å². The van der Waals surface area contributed by atoms with Crippen molar-refractivity contribution in [2.45, 2.75) is 6.92 Å². The third kappa shape index (κ3) is 4.27. The first kappa shape index (κ1) is 20.1. The second-order valence-corrected chi connectivity index (χ2v) is 7.17. The maximum absolute atomic E-state index is 14.7. The smallest absolute Gasteiger partial charge is 0.409 e. The van der Waals surface area contributed by atoms with Gasteiger partial charge in [-0.1, -0.05) is 0 Å². The van der Waals surface area contributed by atoms with Crippen LogP contribution in [0, 0.1) is 15.9 Å². The summed E-state index contributed by atoms with van der Waals surface area (Å²) in [7, 11) is 2.10. The Kier molecular flexibility index (Phi) is 6.18. The molecule has 0 radical (unpaired) electrons. The fraction of sp³-hybridized carbons (Fsp3) is 0.611. The minimum Gasteiger partial charge on any atom is -0.450 e. The van der Waals surface area contributed by atoms with Gasteiger partial charge in [-0.15, -0.1) is 0 Å². The molecule has 0 saturated carbocycles. The average Bonchev–Trinajstić information content (AvgIpc) is 2.69. The van der Waals surface area contributed by atoms with Gasteiger partial charge in [0.15, 0.2) is 5.82 Å². The molecule has 0 aliphatic carbocycles. The van der Waals surface area contributed by atoms with Crippen LogP contribution in [0.5, 0.6) is 0 Å². The Bertz CT molecular complexity index is 731. The highest BCUT2D eigenvalue weighted by Crippen LogP contribution is 2.35. The van der Waals surface area contributed by atoms with Gasteiger partial charge in [0.05, 0.1) is 56.5 Å². The van der Waals surface area contributed by atoms with Crippen LogP contribution in [0.1, 0.15) is 6.92 Å². The summed E-state index contributed by atoms with van der Waals surface area (Å²) in [5.74, 6) is -0.569. The van der Waals surface area contributed by atoms with Crippen LogP contribution in [0.2, 0.25) is 0 Å². The molecule has 0 bridgehead atoms. The number of nitrogens with one attached hydrogen (secondary N) is 1. The molecule has 2 heterocycles. The summed E-state index contributed by atoms with van der Waals surface area (Å²) in [5, 5.41) is 11.5. The molecule has 2 aliphatic rings. The molecule has 2 saturated heterocycles. The van der Waals surface area contributed by atoms with Crippen LogP contribution in [-0.4, -0.2) is 81.9 Å². The number of rotatable bonds is 4. The Morgan fingerprint density at radius 3 is 2.32 bits per heavy atom. The summed E-state index contributed by atoms with van der Waals surface area (Å²) >= 11 is 0. The highest BCUT2D eigenvalue weighted by Gasteiger charge is 2.30. The number of halogens is 1. The van der Waals surface area contributed by atoms with Crippen LogP contribution < -0.4 is 14.7 Å². The van der Waals surface area contributed by atoms with Crippen LogP contribution in [0.25, 0.3) is 0 Å². The first-order chi connectivity index (χ1) is 13.4. The second kappa shape index (κ2) is 8.59. The number of ether oxygens (including phenoxy) is 1. The van der Waals surface area contributed by atoms with Gasteiger partial charge in [-0.05, 0) is 13.0 Å². The molecule has 154 valence electrons. The highest BCUT2D eigenvalue weighted by molar-refractivity contribution is 5.72.